The van der Waals surface area contributed by atoms with Crippen LogP contribution in [0.15, 0.2) is 18.2 Å². The molecule has 0 saturated heterocycles. The predicted octanol–water partition coefficient (Wildman–Crippen LogP) is 4.25. The third kappa shape index (κ3) is 4.03. The van der Waals surface area contributed by atoms with Crippen LogP contribution in [0.3, 0.4) is 0 Å². The minimum absolute atomic E-state index is 0.146. The van der Waals surface area contributed by atoms with Gasteiger partial charge in [-0.1, -0.05) is 47.6 Å². The number of rotatable bonds is 3. The average molecular weight is 255 g/mol. The maximum Gasteiger partial charge on any atom is 0.186 e. The zero-order chi connectivity index (χ0) is 12.1. The summed E-state index contributed by atoms with van der Waals surface area (Å²) in [6.07, 6.45) is 4.01. The monoisotopic (exact) mass is 254 g/mol. The molecule has 1 aromatic carbocycles. The van der Waals surface area contributed by atoms with Gasteiger partial charge in [-0.15, -0.1) is 0 Å². The van der Waals surface area contributed by atoms with Crippen molar-refractivity contribution in [1.29, 1.82) is 0 Å². The molecule has 0 amide bonds. The zero-order valence-electron chi connectivity index (χ0n) is 9.71. The lowest BCUT2D eigenvalue weighted by atomic mass is 10.1. The Morgan fingerprint density at radius 2 is 1.94 bits per heavy atom. The standard InChI is InChI=1S/C13H15ClOS/c1-9-7-12(8-10(2)13(9)14)5-4-6-16-11(3)15/h4-5,7-8H,6H2,1-3H3. The van der Waals surface area contributed by atoms with Gasteiger partial charge < -0.3 is 0 Å². The van der Waals surface area contributed by atoms with E-state index in [1.54, 1.807) is 6.92 Å². The second kappa shape index (κ2) is 6.12. The van der Waals surface area contributed by atoms with Crippen molar-refractivity contribution in [3.63, 3.8) is 0 Å². The molecule has 16 heavy (non-hydrogen) atoms. The number of hydrogen-bond donors (Lipinski definition) is 0. The number of benzene rings is 1. The van der Waals surface area contributed by atoms with Crippen molar-refractivity contribution in [3.8, 4) is 0 Å². The number of hydrogen-bond acceptors (Lipinski definition) is 2. The smallest absolute Gasteiger partial charge is 0.186 e. The van der Waals surface area contributed by atoms with E-state index in [1.165, 1.54) is 11.8 Å². The van der Waals surface area contributed by atoms with E-state index in [1.807, 2.05) is 38.1 Å². The Labute approximate surface area is 106 Å². The highest BCUT2D eigenvalue weighted by Crippen LogP contribution is 2.22. The van der Waals surface area contributed by atoms with Crippen molar-refractivity contribution in [2.24, 2.45) is 0 Å². The summed E-state index contributed by atoms with van der Waals surface area (Å²) in [5.74, 6) is 0.718. The van der Waals surface area contributed by atoms with Crippen LogP contribution < -0.4 is 0 Å². The zero-order valence-corrected chi connectivity index (χ0v) is 11.3. The summed E-state index contributed by atoms with van der Waals surface area (Å²) in [6.45, 7) is 5.57. The van der Waals surface area contributed by atoms with E-state index in [0.29, 0.717) is 0 Å². The largest absolute Gasteiger partial charge is 0.288 e. The first-order chi connectivity index (χ1) is 7.50. The second-order valence-electron chi connectivity index (χ2n) is 3.67. The first-order valence-corrected chi connectivity index (χ1v) is 6.43. The topological polar surface area (TPSA) is 17.1 Å². The van der Waals surface area contributed by atoms with E-state index in [4.69, 9.17) is 11.6 Å². The second-order valence-corrected chi connectivity index (χ2v) is 5.25. The summed E-state index contributed by atoms with van der Waals surface area (Å²) in [5, 5.41) is 0.975. The van der Waals surface area contributed by atoms with Crippen molar-refractivity contribution in [2.75, 3.05) is 5.75 Å². The van der Waals surface area contributed by atoms with Crippen LogP contribution in [0.1, 0.15) is 23.6 Å². The van der Waals surface area contributed by atoms with Gasteiger partial charge in [0.15, 0.2) is 5.12 Å². The lowest BCUT2D eigenvalue weighted by Gasteiger charge is -2.04. The molecule has 0 N–H and O–H groups in total. The Morgan fingerprint density at radius 3 is 2.44 bits per heavy atom. The quantitative estimate of drug-likeness (QED) is 0.802. The molecule has 0 spiro atoms. The van der Waals surface area contributed by atoms with E-state index in [9.17, 15) is 4.79 Å². The van der Waals surface area contributed by atoms with Crippen LogP contribution >= 0.6 is 23.4 Å². The Hall–Kier alpha value is -0.730. The Kier molecular flexibility index (Phi) is 5.10. The SMILES string of the molecule is CC(=O)SCC=Cc1cc(C)c(Cl)c(C)c1. The summed E-state index contributed by atoms with van der Waals surface area (Å²) in [4.78, 5) is 10.7. The summed E-state index contributed by atoms with van der Waals surface area (Å²) in [7, 11) is 0. The van der Waals surface area contributed by atoms with Crippen molar-refractivity contribution < 1.29 is 4.79 Å². The molecule has 0 atom stereocenters. The van der Waals surface area contributed by atoms with Crippen LogP contribution in [0, 0.1) is 13.8 Å². The number of carbonyl (C=O) groups is 1. The lowest BCUT2D eigenvalue weighted by molar-refractivity contribution is -0.109. The highest BCUT2D eigenvalue weighted by atomic mass is 35.5. The van der Waals surface area contributed by atoms with E-state index in [-0.39, 0.29) is 5.12 Å². The Bertz CT molecular complexity index is 401. The normalized spacial score (nSPS) is 11.0. The molecular weight excluding hydrogens is 240 g/mol. The molecule has 86 valence electrons. The Balaban J connectivity index is 2.71. The molecule has 0 bridgehead atoms. The molecule has 1 nitrogen and oxygen atoms in total. The van der Waals surface area contributed by atoms with E-state index in [0.717, 1.165) is 27.5 Å². The van der Waals surface area contributed by atoms with Gasteiger partial charge in [0.1, 0.15) is 0 Å². The number of halogens is 1. The molecule has 1 aromatic rings. The van der Waals surface area contributed by atoms with Crippen LogP contribution in [-0.4, -0.2) is 10.9 Å². The van der Waals surface area contributed by atoms with Crippen LogP contribution in [0.5, 0.6) is 0 Å². The molecule has 0 aliphatic rings. The van der Waals surface area contributed by atoms with Gasteiger partial charge in [0.2, 0.25) is 0 Å². The molecule has 1 rings (SSSR count). The van der Waals surface area contributed by atoms with Gasteiger partial charge in [-0.2, -0.15) is 0 Å². The van der Waals surface area contributed by atoms with Crippen molar-refractivity contribution in [3.05, 3.63) is 39.9 Å². The van der Waals surface area contributed by atoms with Crippen LogP contribution in [0.4, 0.5) is 0 Å². The minimum atomic E-state index is 0.146. The van der Waals surface area contributed by atoms with Crippen LogP contribution in [0.25, 0.3) is 6.08 Å². The molecule has 0 unspecified atom stereocenters. The summed E-state index contributed by atoms with van der Waals surface area (Å²) in [5.41, 5.74) is 3.30. The summed E-state index contributed by atoms with van der Waals surface area (Å²) >= 11 is 7.39. The molecule has 3 heteroatoms. The lowest BCUT2D eigenvalue weighted by Crippen LogP contribution is -1.85. The molecule has 0 fully saturated rings. The Morgan fingerprint density at radius 1 is 1.38 bits per heavy atom. The van der Waals surface area contributed by atoms with Crippen molar-refractivity contribution >= 4 is 34.6 Å². The number of aryl methyl sites for hydroxylation is 2. The molecule has 0 aliphatic heterocycles. The third-order valence-electron chi connectivity index (χ3n) is 2.15. The third-order valence-corrected chi connectivity index (χ3v) is 3.51. The number of carbonyl (C=O) groups excluding carboxylic acids is 1. The average Bonchev–Trinajstić information content (AvgIpc) is 2.20. The van der Waals surface area contributed by atoms with Gasteiger partial charge >= 0.3 is 0 Å². The fourth-order valence-corrected chi connectivity index (χ4v) is 1.96. The van der Waals surface area contributed by atoms with Gasteiger partial charge in [-0.3, -0.25) is 4.79 Å². The maximum absolute atomic E-state index is 10.7. The van der Waals surface area contributed by atoms with E-state index in [2.05, 4.69) is 0 Å². The van der Waals surface area contributed by atoms with Gasteiger partial charge in [0.25, 0.3) is 0 Å². The first-order valence-electron chi connectivity index (χ1n) is 5.07. The van der Waals surface area contributed by atoms with Crippen LogP contribution in [-0.2, 0) is 4.79 Å². The fourth-order valence-electron chi connectivity index (χ4n) is 1.43. The summed E-state index contributed by atoms with van der Waals surface area (Å²) < 4.78 is 0. The highest BCUT2D eigenvalue weighted by molar-refractivity contribution is 8.13. The van der Waals surface area contributed by atoms with Gasteiger partial charge in [-0.25, -0.2) is 0 Å². The molecule has 0 radical (unpaired) electrons. The summed E-state index contributed by atoms with van der Waals surface area (Å²) in [6, 6.07) is 4.09. The highest BCUT2D eigenvalue weighted by Gasteiger charge is 2.00. The van der Waals surface area contributed by atoms with E-state index < -0.39 is 0 Å². The fraction of sp³-hybridized carbons (Fsp3) is 0.308. The van der Waals surface area contributed by atoms with E-state index >= 15 is 0 Å². The van der Waals surface area contributed by atoms with Gasteiger partial charge in [0.05, 0.1) is 0 Å². The van der Waals surface area contributed by atoms with Crippen LogP contribution in [0.2, 0.25) is 5.02 Å². The molecular formula is C13H15ClOS. The predicted molar refractivity (Wildman–Crippen MR) is 73.1 cm³/mol. The molecule has 0 aromatic heterocycles. The molecule has 0 aliphatic carbocycles. The van der Waals surface area contributed by atoms with Gasteiger partial charge in [0, 0.05) is 17.7 Å². The maximum atomic E-state index is 10.7. The first kappa shape index (κ1) is 13.3. The number of thioether (sulfide) groups is 1. The van der Waals surface area contributed by atoms with Gasteiger partial charge in [-0.05, 0) is 30.5 Å². The molecule has 0 heterocycles. The minimum Gasteiger partial charge on any atom is -0.288 e. The van der Waals surface area contributed by atoms with Crippen molar-refractivity contribution in [1.82, 2.24) is 0 Å². The molecule has 0 saturated carbocycles. The van der Waals surface area contributed by atoms with Crippen molar-refractivity contribution in [2.45, 2.75) is 20.8 Å².